The standard InChI is InChI=1S/C19H11Cl2F3N4O3/c20-15-6-5-13(28(30)31)8-14(15)18(29)27-12-3-1-11(2-4-12)26-17-16(21)7-10(9-25-17)19(22,23)24/h1-9H,(H,25,26)(H,27,29). The average Bonchev–Trinajstić information content (AvgIpc) is 2.70. The second kappa shape index (κ2) is 8.78. The van der Waals surface area contributed by atoms with Crippen molar-refractivity contribution in [2.75, 3.05) is 10.6 Å². The van der Waals surface area contributed by atoms with E-state index >= 15 is 0 Å². The Hall–Kier alpha value is -3.37. The highest BCUT2D eigenvalue weighted by Crippen LogP contribution is 2.33. The van der Waals surface area contributed by atoms with Crippen molar-refractivity contribution in [1.29, 1.82) is 0 Å². The number of alkyl halides is 3. The van der Waals surface area contributed by atoms with E-state index in [0.717, 1.165) is 12.1 Å². The van der Waals surface area contributed by atoms with Crippen molar-refractivity contribution in [2.24, 2.45) is 0 Å². The maximum atomic E-state index is 12.7. The average molecular weight is 471 g/mol. The number of hydrogen-bond donors (Lipinski definition) is 2. The van der Waals surface area contributed by atoms with Gasteiger partial charge in [-0.3, -0.25) is 14.9 Å². The molecule has 3 rings (SSSR count). The number of carbonyl (C=O) groups is 1. The molecule has 2 N–H and O–H groups in total. The van der Waals surface area contributed by atoms with E-state index in [2.05, 4.69) is 15.6 Å². The van der Waals surface area contributed by atoms with Gasteiger partial charge < -0.3 is 10.6 Å². The van der Waals surface area contributed by atoms with Crippen LogP contribution in [0.2, 0.25) is 10.0 Å². The lowest BCUT2D eigenvalue weighted by molar-refractivity contribution is -0.384. The fourth-order valence-corrected chi connectivity index (χ4v) is 2.87. The van der Waals surface area contributed by atoms with Gasteiger partial charge >= 0.3 is 6.18 Å². The summed E-state index contributed by atoms with van der Waals surface area (Å²) in [6, 6.07) is 10.3. The molecule has 12 heteroatoms. The Morgan fingerprint density at radius 1 is 1.00 bits per heavy atom. The van der Waals surface area contributed by atoms with Crippen LogP contribution in [0.4, 0.5) is 36.1 Å². The van der Waals surface area contributed by atoms with E-state index in [1.165, 1.54) is 36.4 Å². The molecule has 3 aromatic rings. The molecule has 0 radical (unpaired) electrons. The Morgan fingerprint density at radius 2 is 1.65 bits per heavy atom. The van der Waals surface area contributed by atoms with Gasteiger partial charge in [0.2, 0.25) is 0 Å². The monoisotopic (exact) mass is 470 g/mol. The van der Waals surface area contributed by atoms with Gasteiger partial charge in [0.1, 0.15) is 5.82 Å². The molecule has 0 unspecified atom stereocenters. The molecule has 2 aromatic carbocycles. The Labute approximate surface area is 183 Å². The molecule has 0 aliphatic carbocycles. The SMILES string of the molecule is O=C(Nc1ccc(Nc2ncc(C(F)(F)F)cc2Cl)cc1)c1cc([N+](=O)[O-])ccc1Cl. The zero-order chi connectivity index (χ0) is 22.8. The number of amides is 1. The molecule has 1 heterocycles. The Kier molecular flexibility index (Phi) is 6.32. The van der Waals surface area contributed by atoms with E-state index in [-0.39, 0.29) is 27.1 Å². The number of pyridine rings is 1. The van der Waals surface area contributed by atoms with E-state index in [1.54, 1.807) is 0 Å². The Balaban J connectivity index is 1.72. The van der Waals surface area contributed by atoms with Gasteiger partial charge in [-0.2, -0.15) is 13.2 Å². The maximum absolute atomic E-state index is 12.7. The normalized spacial score (nSPS) is 11.1. The quantitative estimate of drug-likeness (QED) is 0.336. The zero-order valence-electron chi connectivity index (χ0n) is 15.2. The van der Waals surface area contributed by atoms with Crippen LogP contribution in [0.5, 0.6) is 0 Å². The van der Waals surface area contributed by atoms with Crippen molar-refractivity contribution in [3.8, 4) is 0 Å². The summed E-state index contributed by atoms with van der Waals surface area (Å²) >= 11 is 11.8. The molecule has 1 amide bonds. The first-order valence-electron chi connectivity index (χ1n) is 8.40. The number of hydrogen-bond acceptors (Lipinski definition) is 5. The van der Waals surface area contributed by atoms with Crippen LogP contribution in [0.25, 0.3) is 0 Å². The van der Waals surface area contributed by atoms with Crippen molar-refractivity contribution in [2.45, 2.75) is 6.18 Å². The number of halogens is 5. The smallest absolute Gasteiger partial charge is 0.339 e. The van der Waals surface area contributed by atoms with Gasteiger partial charge in [0, 0.05) is 29.7 Å². The molecule has 1 aromatic heterocycles. The fraction of sp³-hybridized carbons (Fsp3) is 0.0526. The van der Waals surface area contributed by atoms with Gasteiger partial charge in [-0.1, -0.05) is 23.2 Å². The van der Waals surface area contributed by atoms with Gasteiger partial charge in [0.15, 0.2) is 0 Å². The fourth-order valence-electron chi connectivity index (χ4n) is 2.46. The summed E-state index contributed by atoms with van der Waals surface area (Å²) < 4.78 is 38.1. The molecule has 160 valence electrons. The number of nitro benzene ring substituents is 1. The third-order valence-electron chi connectivity index (χ3n) is 3.98. The molecule has 0 spiro atoms. The molecule has 0 fully saturated rings. The highest BCUT2D eigenvalue weighted by molar-refractivity contribution is 6.34. The highest BCUT2D eigenvalue weighted by Gasteiger charge is 2.31. The molecule has 31 heavy (non-hydrogen) atoms. The van der Waals surface area contributed by atoms with Crippen LogP contribution < -0.4 is 10.6 Å². The maximum Gasteiger partial charge on any atom is 0.417 e. The zero-order valence-corrected chi connectivity index (χ0v) is 16.7. The van der Waals surface area contributed by atoms with Gasteiger partial charge in [0.05, 0.1) is 26.1 Å². The summed E-state index contributed by atoms with van der Waals surface area (Å²) in [6.07, 6.45) is -3.90. The summed E-state index contributed by atoms with van der Waals surface area (Å²) in [5.74, 6) is -0.628. The van der Waals surface area contributed by atoms with E-state index in [4.69, 9.17) is 23.2 Å². The minimum Gasteiger partial charge on any atom is -0.339 e. The van der Waals surface area contributed by atoms with E-state index in [0.29, 0.717) is 17.6 Å². The number of benzene rings is 2. The highest BCUT2D eigenvalue weighted by atomic mass is 35.5. The topological polar surface area (TPSA) is 97.2 Å². The Bertz CT molecular complexity index is 1160. The Morgan fingerprint density at radius 3 is 2.23 bits per heavy atom. The van der Waals surface area contributed by atoms with Crippen LogP contribution in [0, 0.1) is 10.1 Å². The molecule has 0 saturated carbocycles. The van der Waals surface area contributed by atoms with Crippen molar-refractivity contribution < 1.29 is 22.9 Å². The van der Waals surface area contributed by atoms with Crippen LogP contribution in [0.1, 0.15) is 15.9 Å². The second-order valence-corrected chi connectivity index (χ2v) is 6.94. The largest absolute Gasteiger partial charge is 0.417 e. The lowest BCUT2D eigenvalue weighted by Gasteiger charge is -2.12. The first-order valence-corrected chi connectivity index (χ1v) is 9.15. The van der Waals surface area contributed by atoms with Gasteiger partial charge in [-0.25, -0.2) is 4.98 Å². The number of aromatic nitrogens is 1. The van der Waals surface area contributed by atoms with Crippen LogP contribution in [0.3, 0.4) is 0 Å². The number of non-ortho nitro benzene ring substituents is 1. The van der Waals surface area contributed by atoms with Gasteiger partial charge in [-0.15, -0.1) is 0 Å². The second-order valence-electron chi connectivity index (χ2n) is 6.13. The van der Waals surface area contributed by atoms with Crippen molar-refractivity contribution in [3.63, 3.8) is 0 Å². The number of rotatable bonds is 5. The summed E-state index contributed by atoms with van der Waals surface area (Å²) in [7, 11) is 0. The van der Waals surface area contributed by atoms with Crippen molar-refractivity contribution in [3.05, 3.63) is 86.0 Å². The minimum atomic E-state index is -4.56. The third-order valence-corrected chi connectivity index (χ3v) is 4.60. The molecule has 0 aliphatic rings. The molecule has 0 aliphatic heterocycles. The molecular weight excluding hydrogens is 460 g/mol. The van der Waals surface area contributed by atoms with Crippen LogP contribution >= 0.6 is 23.2 Å². The van der Waals surface area contributed by atoms with Gasteiger partial charge in [0.25, 0.3) is 11.6 Å². The van der Waals surface area contributed by atoms with Crippen LogP contribution in [-0.4, -0.2) is 15.8 Å². The number of carbonyl (C=O) groups excluding carboxylic acids is 1. The van der Waals surface area contributed by atoms with E-state index in [9.17, 15) is 28.1 Å². The first-order chi connectivity index (χ1) is 14.5. The summed E-state index contributed by atoms with van der Waals surface area (Å²) in [5.41, 5.74) is -0.528. The molecule has 0 bridgehead atoms. The number of nitrogens with one attached hydrogen (secondary N) is 2. The predicted octanol–water partition coefficient (Wildman–Crippen LogP) is 6.31. The van der Waals surface area contributed by atoms with Crippen molar-refractivity contribution >= 4 is 52.0 Å². The van der Waals surface area contributed by atoms with Crippen LogP contribution in [0.15, 0.2) is 54.7 Å². The number of nitrogens with zero attached hydrogens (tertiary/aromatic N) is 2. The summed E-state index contributed by atoms with van der Waals surface area (Å²) in [6.45, 7) is 0. The minimum absolute atomic E-state index is 0.0230. The van der Waals surface area contributed by atoms with Crippen LogP contribution in [-0.2, 0) is 6.18 Å². The predicted molar refractivity (Wildman–Crippen MR) is 110 cm³/mol. The third kappa shape index (κ3) is 5.41. The first kappa shape index (κ1) is 22.3. The summed E-state index contributed by atoms with van der Waals surface area (Å²) in [4.78, 5) is 26.3. The number of nitro groups is 1. The summed E-state index contributed by atoms with van der Waals surface area (Å²) in [5, 5.41) is 16.0. The van der Waals surface area contributed by atoms with Crippen molar-refractivity contribution in [1.82, 2.24) is 4.98 Å². The molecular formula is C19H11Cl2F3N4O3. The number of anilines is 3. The lowest BCUT2D eigenvalue weighted by Crippen LogP contribution is -2.12. The molecule has 0 atom stereocenters. The molecule has 0 saturated heterocycles. The van der Waals surface area contributed by atoms with E-state index in [1.807, 2.05) is 0 Å². The van der Waals surface area contributed by atoms with Gasteiger partial charge in [-0.05, 0) is 36.4 Å². The van der Waals surface area contributed by atoms with E-state index < -0.39 is 22.6 Å². The lowest BCUT2D eigenvalue weighted by atomic mass is 10.1. The molecule has 7 nitrogen and oxygen atoms in total.